The lowest BCUT2D eigenvalue weighted by atomic mass is 10.1. The number of hydrogen-bond donors (Lipinski definition) is 0. The summed E-state index contributed by atoms with van der Waals surface area (Å²) in [4.78, 5) is 4.72. The first-order valence-electron chi connectivity index (χ1n) is 9.22. The van der Waals surface area contributed by atoms with Crippen molar-refractivity contribution in [2.75, 3.05) is 7.11 Å². The van der Waals surface area contributed by atoms with Gasteiger partial charge in [-0.15, -0.1) is 5.10 Å². The van der Waals surface area contributed by atoms with Gasteiger partial charge in [-0.2, -0.15) is 14.8 Å². The van der Waals surface area contributed by atoms with E-state index in [1.165, 1.54) is 12.1 Å². The second-order valence-corrected chi connectivity index (χ2v) is 6.93. The molecule has 0 saturated carbocycles. The summed E-state index contributed by atoms with van der Waals surface area (Å²) >= 11 is 0. The quantitative estimate of drug-likeness (QED) is 0.461. The number of hydrogen-bond acceptors (Lipinski definition) is 4. The molecule has 0 spiro atoms. The molecule has 5 rings (SSSR count). The molecule has 5 aromatic rings. The molecule has 0 N–H and O–H groups in total. The van der Waals surface area contributed by atoms with Crippen LogP contribution in [0, 0.1) is 12.7 Å². The van der Waals surface area contributed by atoms with Gasteiger partial charge in [0.05, 0.1) is 24.0 Å². The monoisotopic (exact) mass is 387 g/mol. The van der Waals surface area contributed by atoms with Crippen LogP contribution in [0.4, 0.5) is 4.39 Å². The third-order valence-electron chi connectivity index (χ3n) is 4.95. The van der Waals surface area contributed by atoms with E-state index in [0.29, 0.717) is 18.2 Å². The van der Waals surface area contributed by atoms with Crippen LogP contribution >= 0.6 is 0 Å². The van der Waals surface area contributed by atoms with Gasteiger partial charge in [0.25, 0.3) is 5.95 Å². The van der Waals surface area contributed by atoms with Crippen LogP contribution in [0.5, 0.6) is 0 Å². The molecule has 0 unspecified atom stereocenters. The molecule has 0 bridgehead atoms. The smallest absolute Gasteiger partial charge is 0.271 e. The summed E-state index contributed by atoms with van der Waals surface area (Å²) < 4.78 is 22.2. The SMILES string of the molecule is COCc1cc(-c2ccc(F)cc2)cc2nc(-n3ncc4cccc(C)c43)nn12. The second-order valence-electron chi connectivity index (χ2n) is 6.93. The lowest BCUT2D eigenvalue weighted by Crippen LogP contribution is -2.03. The van der Waals surface area contributed by atoms with Gasteiger partial charge in [0, 0.05) is 12.5 Å². The van der Waals surface area contributed by atoms with Crippen LogP contribution in [-0.2, 0) is 11.3 Å². The van der Waals surface area contributed by atoms with E-state index in [-0.39, 0.29) is 5.82 Å². The van der Waals surface area contributed by atoms with Crippen molar-refractivity contribution < 1.29 is 9.13 Å². The van der Waals surface area contributed by atoms with Crippen LogP contribution in [0.1, 0.15) is 11.3 Å². The summed E-state index contributed by atoms with van der Waals surface area (Å²) in [6, 6.07) is 16.4. The number of aromatic nitrogens is 5. The Morgan fingerprint density at radius 1 is 1.03 bits per heavy atom. The number of rotatable bonds is 4. The molecule has 0 amide bonds. The summed E-state index contributed by atoms with van der Waals surface area (Å²) in [7, 11) is 1.64. The normalized spacial score (nSPS) is 11.6. The Morgan fingerprint density at radius 3 is 2.66 bits per heavy atom. The van der Waals surface area contributed by atoms with Gasteiger partial charge in [0.1, 0.15) is 5.82 Å². The Kier molecular flexibility index (Phi) is 4.10. The van der Waals surface area contributed by atoms with E-state index in [2.05, 4.69) is 10.2 Å². The van der Waals surface area contributed by atoms with Crippen molar-refractivity contribution in [1.82, 2.24) is 24.4 Å². The molecule has 3 heterocycles. The molecule has 0 atom stereocenters. The van der Waals surface area contributed by atoms with Gasteiger partial charge in [-0.3, -0.25) is 0 Å². The predicted molar refractivity (Wildman–Crippen MR) is 108 cm³/mol. The van der Waals surface area contributed by atoms with Crippen LogP contribution in [0.25, 0.3) is 33.6 Å². The van der Waals surface area contributed by atoms with Crippen LogP contribution in [0.2, 0.25) is 0 Å². The molecule has 7 heteroatoms. The number of ether oxygens (including phenoxy) is 1. The highest BCUT2D eigenvalue weighted by Gasteiger charge is 2.15. The highest BCUT2D eigenvalue weighted by molar-refractivity contribution is 5.83. The van der Waals surface area contributed by atoms with Crippen LogP contribution in [0.15, 0.2) is 60.8 Å². The minimum atomic E-state index is -0.266. The van der Waals surface area contributed by atoms with Crippen molar-refractivity contribution in [3.8, 4) is 17.1 Å². The van der Waals surface area contributed by atoms with Gasteiger partial charge in [0.15, 0.2) is 5.65 Å². The maximum Gasteiger partial charge on any atom is 0.271 e. The molecular weight excluding hydrogens is 369 g/mol. The van der Waals surface area contributed by atoms with E-state index in [1.54, 1.807) is 28.4 Å². The fourth-order valence-corrected chi connectivity index (χ4v) is 3.59. The fraction of sp³-hybridized carbons (Fsp3) is 0.136. The summed E-state index contributed by atoms with van der Waals surface area (Å²) in [6.07, 6.45) is 1.81. The predicted octanol–water partition coefficient (Wildman–Crippen LogP) is 4.33. The zero-order valence-electron chi connectivity index (χ0n) is 16.0. The number of halogens is 1. The van der Waals surface area contributed by atoms with Crippen molar-refractivity contribution in [2.45, 2.75) is 13.5 Å². The molecule has 0 aliphatic rings. The first kappa shape index (κ1) is 17.5. The highest BCUT2D eigenvalue weighted by Crippen LogP contribution is 2.25. The minimum Gasteiger partial charge on any atom is -0.378 e. The average Bonchev–Trinajstić information content (AvgIpc) is 3.33. The standard InChI is InChI=1S/C22H18FN5O/c1-14-4-3-5-16-12-24-28(21(14)16)22-25-20-11-17(15-6-8-18(23)9-7-15)10-19(13-29-2)27(20)26-22/h3-12H,13H2,1-2H3. The average molecular weight is 387 g/mol. The van der Waals surface area contributed by atoms with Gasteiger partial charge in [0.2, 0.25) is 0 Å². The van der Waals surface area contributed by atoms with Crippen molar-refractivity contribution in [3.63, 3.8) is 0 Å². The van der Waals surface area contributed by atoms with Crippen LogP contribution in [-0.4, -0.2) is 31.5 Å². The first-order valence-corrected chi connectivity index (χ1v) is 9.22. The van der Waals surface area contributed by atoms with E-state index >= 15 is 0 Å². The van der Waals surface area contributed by atoms with Crippen molar-refractivity contribution in [2.24, 2.45) is 0 Å². The van der Waals surface area contributed by atoms with E-state index in [9.17, 15) is 4.39 Å². The summed E-state index contributed by atoms with van der Waals surface area (Å²) in [5.41, 5.74) is 5.42. The molecule has 144 valence electrons. The number of fused-ring (bicyclic) bond motifs is 2. The molecule has 0 aliphatic carbocycles. The van der Waals surface area contributed by atoms with Gasteiger partial charge in [-0.25, -0.2) is 8.91 Å². The lowest BCUT2D eigenvalue weighted by molar-refractivity contribution is 0.179. The topological polar surface area (TPSA) is 57.2 Å². The van der Waals surface area contributed by atoms with Crippen molar-refractivity contribution in [3.05, 3.63) is 77.9 Å². The lowest BCUT2D eigenvalue weighted by Gasteiger charge is -2.07. The molecule has 0 saturated heterocycles. The molecule has 6 nitrogen and oxygen atoms in total. The molecule has 0 radical (unpaired) electrons. The molecule has 29 heavy (non-hydrogen) atoms. The number of para-hydroxylation sites is 1. The number of pyridine rings is 1. The van der Waals surface area contributed by atoms with Crippen LogP contribution in [0.3, 0.4) is 0 Å². The van der Waals surface area contributed by atoms with Crippen molar-refractivity contribution >= 4 is 16.6 Å². The number of aryl methyl sites for hydroxylation is 1. The molecule has 0 aliphatic heterocycles. The molecule has 0 fully saturated rings. The summed E-state index contributed by atoms with van der Waals surface area (Å²) in [6.45, 7) is 2.41. The van der Waals surface area contributed by atoms with E-state index in [4.69, 9.17) is 9.72 Å². The van der Waals surface area contributed by atoms with E-state index in [1.807, 2.05) is 43.5 Å². The maximum absolute atomic E-state index is 13.3. The highest BCUT2D eigenvalue weighted by atomic mass is 19.1. The van der Waals surface area contributed by atoms with Crippen molar-refractivity contribution in [1.29, 1.82) is 0 Å². The molecule has 3 aromatic heterocycles. The van der Waals surface area contributed by atoms with Crippen LogP contribution < -0.4 is 0 Å². The largest absolute Gasteiger partial charge is 0.378 e. The Bertz CT molecular complexity index is 1340. The van der Waals surface area contributed by atoms with Gasteiger partial charge in [-0.1, -0.05) is 30.3 Å². The number of benzene rings is 2. The van der Waals surface area contributed by atoms with E-state index < -0.39 is 0 Å². The molecule has 2 aromatic carbocycles. The van der Waals surface area contributed by atoms with Gasteiger partial charge >= 0.3 is 0 Å². The van der Waals surface area contributed by atoms with E-state index in [0.717, 1.165) is 33.3 Å². The summed E-state index contributed by atoms with van der Waals surface area (Å²) in [5, 5.41) is 10.2. The number of nitrogens with zero attached hydrogens (tertiary/aromatic N) is 5. The Labute approximate surface area is 166 Å². The fourth-order valence-electron chi connectivity index (χ4n) is 3.59. The molecular formula is C22H18FN5O. The minimum absolute atomic E-state index is 0.266. The first-order chi connectivity index (χ1) is 14.1. The van der Waals surface area contributed by atoms with Gasteiger partial charge < -0.3 is 4.74 Å². The Morgan fingerprint density at radius 2 is 1.86 bits per heavy atom. The number of methoxy groups -OCH3 is 1. The summed E-state index contributed by atoms with van der Waals surface area (Å²) in [5.74, 6) is 0.223. The zero-order chi connectivity index (χ0) is 20.0. The Hall–Kier alpha value is -3.58. The third-order valence-corrected chi connectivity index (χ3v) is 4.95. The second kappa shape index (κ2) is 6.79. The third kappa shape index (κ3) is 2.96. The maximum atomic E-state index is 13.3. The van der Waals surface area contributed by atoms with Gasteiger partial charge in [-0.05, 0) is 47.9 Å². The zero-order valence-corrected chi connectivity index (χ0v) is 16.0. The Balaban J connectivity index is 1.71.